The van der Waals surface area contributed by atoms with Crippen LogP contribution in [-0.2, 0) is 12.8 Å². The molecule has 0 unspecified atom stereocenters. The molecule has 3 N–H and O–H groups in total. The van der Waals surface area contributed by atoms with E-state index in [0.717, 1.165) is 12.8 Å². The lowest BCUT2D eigenvalue weighted by molar-refractivity contribution is 0.504. The number of anilines is 1. The van der Waals surface area contributed by atoms with Gasteiger partial charge >= 0.3 is 0 Å². The second-order valence-corrected chi connectivity index (χ2v) is 5.55. The molecule has 0 amide bonds. The summed E-state index contributed by atoms with van der Waals surface area (Å²) < 4.78 is 0. The van der Waals surface area contributed by atoms with Gasteiger partial charge in [-0.3, -0.25) is 0 Å². The predicted octanol–water partition coefficient (Wildman–Crippen LogP) is 2.90. The fourth-order valence-electron chi connectivity index (χ4n) is 2.98. The molecule has 0 saturated heterocycles. The highest BCUT2D eigenvalue weighted by Gasteiger charge is 2.35. The molecule has 0 aromatic heterocycles. The van der Waals surface area contributed by atoms with E-state index in [1.807, 2.05) is 0 Å². The number of nitrogens with two attached hydrogens (primary N) is 1. The van der Waals surface area contributed by atoms with E-state index in [4.69, 9.17) is 5.73 Å². The van der Waals surface area contributed by atoms with Crippen LogP contribution < -0.4 is 11.1 Å². The van der Waals surface area contributed by atoms with E-state index in [9.17, 15) is 0 Å². The molecule has 0 bridgehead atoms. The summed E-state index contributed by atoms with van der Waals surface area (Å²) in [4.78, 5) is 0. The molecule has 19 heavy (non-hydrogen) atoms. The molecule has 1 aliphatic rings. The van der Waals surface area contributed by atoms with Crippen molar-refractivity contribution >= 4 is 5.69 Å². The highest BCUT2D eigenvalue weighted by Crippen LogP contribution is 2.33. The summed E-state index contributed by atoms with van der Waals surface area (Å²) in [6, 6.07) is 17.1. The van der Waals surface area contributed by atoms with E-state index in [2.05, 4.69) is 60.8 Å². The van der Waals surface area contributed by atoms with Gasteiger partial charge in [-0.25, -0.2) is 0 Å². The highest BCUT2D eigenvalue weighted by atomic mass is 15.0. The summed E-state index contributed by atoms with van der Waals surface area (Å²) in [5, 5.41) is 3.69. The number of aryl methyl sites for hydroxylation is 1. The minimum absolute atomic E-state index is 0.0319. The van der Waals surface area contributed by atoms with Gasteiger partial charge in [0, 0.05) is 12.2 Å². The number of rotatable bonds is 3. The fraction of sp³-hybridized carbons (Fsp3) is 0.294. The summed E-state index contributed by atoms with van der Waals surface area (Å²) in [6.45, 7) is 2.78. The van der Waals surface area contributed by atoms with Crippen molar-refractivity contribution in [2.45, 2.75) is 25.3 Å². The zero-order valence-corrected chi connectivity index (χ0v) is 11.3. The Bertz CT molecular complexity index is 564. The smallest absolute Gasteiger partial charge is 0.0576 e. The first kappa shape index (κ1) is 12.2. The molecule has 2 heteroatoms. The zero-order chi connectivity index (χ0) is 13.3. The van der Waals surface area contributed by atoms with Crippen molar-refractivity contribution in [3.8, 4) is 0 Å². The van der Waals surface area contributed by atoms with Gasteiger partial charge in [0.05, 0.1) is 5.54 Å². The monoisotopic (exact) mass is 252 g/mol. The van der Waals surface area contributed by atoms with Crippen molar-refractivity contribution in [2.24, 2.45) is 5.73 Å². The van der Waals surface area contributed by atoms with Gasteiger partial charge in [-0.1, -0.05) is 42.5 Å². The van der Waals surface area contributed by atoms with E-state index in [0.29, 0.717) is 6.54 Å². The van der Waals surface area contributed by atoms with Crippen molar-refractivity contribution in [1.82, 2.24) is 0 Å². The van der Waals surface area contributed by atoms with Gasteiger partial charge in [0.15, 0.2) is 0 Å². The van der Waals surface area contributed by atoms with Crippen LogP contribution in [0.1, 0.15) is 16.7 Å². The molecule has 3 rings (SSSR count). The van der Waals surface area contributed by atoms with Crippen molar-refractivity contribution in [2.75, 3.05) is 11.9 Å². The molecular weight excluding hydrogens is 232 g/mol. The number of fused-ring (bicyclic) bond motifs is 1. The first-order valence-corrected chi connectivity index (χ1v) is 6.83. The summed E-state index contributed by atoms with van der Waals surface area (Å²) >= 11 is 0. The molecule has 0 saturated carbocycles. The topological polar surface area (TPSA) is 38.0 Å². The van der Waals surface area contributed by atoms with E-state index in [-0.39, 0.29) is 5.54 Å². The van der Waals surface area contributed by atoms with Crippen LogP contribution >= 0.6 is 0 Å². The predicted molar refractivity (Wildman–Crippen MR) is 80.4 cm³/mol. The largest absolute Gasteiger partial charge is 0.377 e. The van der Waals surface area contributed by atoms with Crippen molar-refractivity contribution in [3.05, 3.63) is 65.2 Å². The molecule has 2 aromatic carbocycles. The van der Waals surface area contributed by atoms with Crippen LogP contribution in [0.25, 0.3) is 0 Å². The summed E-state index contributed by atoms with van der Waals surface area (Å²) in [6.07, 6.45) is 2.02. The zero-order valence-electron chi connectivity index (χ0n) is 11.3. The van der Waals surface area contributed by atoms with E-state index in [1.54, 1.807) is 0 Å². The molecule has 98 valence electrons. The Hall–Kier alpha value is -1.80. The molecule has 0 aliphatic heterocycles. The Morgan fingerprint density at radius 3 is 2.16 bits per heavy atom. The SMILES string of the molecule is Cc1ccccc1NC1(CN)Cc2ccccc2C1. The maximum absolute atomic E-state index is 6.08. The second-order valence-electron chi connectivity index (χ2n) is 5.55. The first-order valence-electron chi connectivity index (χ1n) is 6.83. The number of hydrogen-bond donors (Lipinski definition) is 2. The van der Waals surface area contributed by atoms with E-state index < -0.39 is 0 Å². The lowest BCUT2D eigenvalue weighted by atomic mass is 9.95. The number of hydrogen-bond acceptors (Lipinski definition) is 2. The average molecular weight is 252 g/mol. The Labute approximate surface area is 114 Å². The Morgan fingerprint density at radius 2 is 1.58 bits per heavy atom. The van der Waals surface area contributed by atoms with Crippen molar-refractivity contribution in [3.63, 3.8) is 0 Å². The highest BCUT2D eigenvalue weighted by molar-refractivity contribution is 5.54. The van der Waals surface area contributed by atoms with Crippen LogP contribution in [0, 0.1) is 6.92 Å². The van der Waals surface area contributed by atoms with Gasteiger partial charge in [-0.05, 0) is 42.5 Å². The third-order valence-electron chi connectivity index (χ3n) is 4.11. The number of nitrogens with one attached hydrogen (secondary N) is 1. The van der Waals surface area contributed by atoms with Gasteiger partial charge in [0.25, 0.3) is 0 Å². The summed E-state index contributed by atoms with van der Waals surface area (Å²) in [7, 11) is 0. The van der Waals surface area contributed by atoms with Crippen LogP contribution in [-0.4, -0.2) is 12.1 Å². The maximum Gasteiger partial charge on any atom is 0.0576 e. The molecule has 0 radical (unpaired) electrons. The quantitative estimate of drug-likeness (QED) is 0.881. The third-order valence-corrected chi connectivity index (χ3v) is 4.11. The first-order chi connectivity index (χ1) is 9.22. The second kappa shape index (κ2) is 4.71. The van der Waals surface area contributed by atoms with E-state index in [1.165, 1.54) is 22.4 Å². The third kappa shape index (κ3) is 2.24. The minimum Gasteiger partial charge on any atom is -0.377 e. The normalized spacial score (nSPS) is 16.1. The molecule has 1 aliphatic carbocycles. The van der Waals surface area contributed by atoms with Gasteiger partial charge in [0.1, 0.15) is 0 Å². The Morgan fingerprint density at radius 1 is 1.00 bits per heavy atom. The van der Waals surface area contributed by atoms with Crippen molar-refractivity contribution in [1.29, 1.82) is 0 Å². The van der Waals surface area contributed by atoms with Gasteiger partial charge in [-0.2, -0.15) is 0 Å². The maximum atomic E-state index is 6.08. The molecular formula is C17H20N2. The lowest BCUT2D eigenvalue weighted by Gasteiger charge is -2.31. The molecule has 2 aromatic rings. The molecule has 0 spiro atoms. The summed E-state index contributed by atoms with van der Waals surface area (Å²) in [5.41, 5.74) is 11.4. The van der Waals surface area contributed by atoms with Gasteiger partial charge in [0.2, 0.25) is 0 Å². The fourth-order valence-corrected chi connectivity index (χ4v) is 2.98. The Kier molecular flexibility index (Phi) is 3.03. The molecule has 0 atom stereocenters. The van der Waals surface area contributed by atoms with Crippen LogP contribution in [0.2, 0.25) is 0 Å². The lowest BCUT2D eigenvalue weighted by Crippen LogP contribution is -2.46. The van der Waals surface area contributed by atoms with Crippen LogP contribution in [0.4, 0.5) is 5.69 Å². The Balaban J connectivity index is 1.89. The summed E-state index contributed by atoms with van der Waals surface area (Å²) in [5.74, 6) is 0. The minimum atomic E-state index is -0.0319. The number of benzene rings is 2. The molecule has 0 heterocycles. The van der Waals surface area contributed by atoms with Gasteiger partial charge < -0.3 is 11.1 Å². The standard InChI is InChI=1S/C17H20N2/c1-13-6-2-5-9-16(13)19-17(12-18)10-14-7-3-4-8-15(14)11-17/h2-9,19H,10-12,18H2,1H3. The van der Waals surface area contributed by atoms with Crippen LogP contribution in [0.15, 0.2) is 48.5 Å². The average Bonchev–Trinajstić information content (AvgIpc) is 2.80. The van der Waals surface area contributed by atoms with Gasteiger partial charge in [-0.15, -0.1) is 0 Å². The van der Waals surface area contributed by atoms with Crippen LogP contribution in [0.5, 0.6) is 0 Å². The van der Waals surface area contributed by atoms with Crippen LogP contribution in [0.3, 0.4) is 0 Å². The molecule has 2 nitrogen and oxygen atoms in total. The van der Waals surface area contributed by atoms with Crippen molar-refractivity contribution < 1.29 is 0 Å². The van der Waals surface area contributed by atoms with E-state index >= 15 is 0 Å². The molecule has 0 fully saturated rings. The number of para-hydroxylation sites is 1.